The third kappa shape index (κ3) is 15.7. The molecule has 2 heterocycles. The monoisotopic (exact) mass is 875 g/mol. The lowest BCUT2D eigenvalue weighted by molar-refractivity contribution is -0.155. The molecule has 0 bridgehead atoms. The number of phenolic OH excluding ortho intramolecular Hbond substituents is 1. The molecule has 2 aromatic rings. The zero-order valence-electron chi connectivity index (χ0n) is 37.0. The lowest BCUT2D eigenvalue weighted by Gasteiger charge is -2.31. The topological polar surface area (TPSA) is 255 Å². The second kappa shape index (κ2) is 24.0. The minimum Gasteiger partial charge on any atom is -0.508 e. The maximum absolute atomic E-state index is 14.4. The van der Waals surface area contributed by atoms with E-state index in [1.54, 1.807) is 26.0 Å². The summed E-state index contributed by atoms with van der Waals surface area (Å²) in [6.07, 6.45) is 2.33. The Balaban J connectivity index is 1.75. The van der Waals surface area contributed by atoms with Crippen molar-refractivity contribution < 1.29 is 48.2 Å². The average Bonchev–Trinajstić information content (AvgIpc) is 3.72. The van der Waals surface area contributed by atoms with Gasteiger partial charge in [0.05, 0.1) is 12.8 Å². The number of unbranched alkanes of at least 4 members (excludes halogenated alkanes) is 2. The minimum absolute atomic E-state index is 0.0337. The van der Waals surface area contributed by atoms with Crippen molar-refractivity contribution in [3.05, 3.63) is 65.7 Å². The quantitative estimate of drug-likeness (QED) is 0.114. The lowest BCUT2D eigenvalue weighted by Crippen LogP contribution is -2.60. The van der Waals surface area contributed by atoms with Crippen molar-refractivity contribution in [2.75, 3.05) is 6.54 Å². The van der Waals surface area contributed by atoms with E-state index in [9.17, 15) is 43.5 Å². The highest BCUT2D eigenvalue weighted by atomic mass is 16.5. The van der Waals surface area contributed by atoms with Gasteiger partial charge in [-0.3, -0.25) is 33.6 Å². The molecule has 0 aromatic heterocycles. The summed E-state index contributed by atoms with van der Waals surface area (Å²) in [4.78, 5) is 111. The van der Waals surface area contributed by atoms with Gasteiger partial charge in [-0.15, -0.1) is 0 Å². The number of benzene rings is 2. The second-order valence-electron chi connectivity index (χ2n) is 17.4. The number of carbonyl (C=O) groups is 8. The number of amides is 7. The number of fused-ring (bicyclic) bond motifs is 1. The van der Waals surface area contributed by atoms with Crippen LogP contribution < -0.4 is 32.3 Å². The number of carbonyl (C=O) groups excluding carboxylic acids is 8. The number of phenols is 1. The summed E-state index contributed by atoms with van der Waals surface area (Å²) in [6, 6.07) is 7.51. The van der Waals surface area contributed by atoms with Crippen LogP contribution in [0.15, 0.2) is 54.6 Å². The van der Waals surface area contributed by atoms with E-state index in [1.807, 2.05) is 30.3 Å². The number of esters is 1. The standard InChI is InChI=1S/C46H65N7O10/c1-27(2)13-8-6-11-16-33-25-39(56)49-35(23-30-14-9-7-10-15-30)45(61)53-22-12-17-37(53)43(59)48-29(5)41(57)52-40(28(3)4)44(60)50-34(26-38(47)55)42(58)51-36(46(62)63-33)24-31-18-20-32(54)21-19-31/h7,9-10,14-15,18-21,27-29,33-37,40,54H,6,8,11-13,16-17,22-26H2,1-5H3,(H2,47,55)(H,48,59)(H,49,56)(H,50,60)(H,51,58)(H,52,57)/t29-,33+,34-,35-,36+,37+,40+/m1/s1. The minimum atomic E-state index is -1.59. The van der Waals surface area contributed by atoms with E-state index in [4.69, 9.17) is 10.5 Å². The second-order valence-corrected chi connectivity index (χ2v) is 17.4. The zero-order chi connectivity index (χ0) is 46.2. The van der Waals surface area contributed by atoms with Gasteiger partial charge in [0.2, 0.25) is 41.4 Å². The van der Waals surface area contributed by atoms with Gasteiger partial charge in [0.25, 0.3) is 0 Å². The first-order valence-corrected chi connectivity index (χ1v) is 22.0. The van der Waals surface area contributed by atoms with Crippen molar-refractivity contribution >= 4 is 47.3 Å². The molecule has 0 unspecified atom stereocenters. The highest BCUT2D eigenvalue weighted by molar-refractivity contribution is 5.98. The zero-order valence-corrected chi connectivity index (χ0v) is 37.0. The normalized spacial score (nSPS) is 24.8. The molecule has 0 spiro atoms. The van der Waals surface area contributed by atoms with Gasteiger partial charge in [0.1, 0.15) is 48.1 Å². The number of ether oxygens (including phenoxy) is 1. The van der Waals surface area contributed by atoms with Crippen LogP contribution in [0.2, 0.25) is 0 Å². The number of hydrogen-bond acceptors (Lipinski definition) is 10. The molecule has 2 aliphatic heterocycles. The molecule has 0 aliphatic carbocycles. The largest absolute Gasteiger partial charge is 0.508 e. The van der Waals surface area contributed by atoms with E-state index in [1.165, 1.54) is 24.0 Å². The van der Waals surface area contributed by atoms with Crippen molar-refractivity contribution in [2.45, 2.75) is 148 Å². The van der Waals surface area contributed by atoms with Gasteiger partial charge in [0, 0.05) is 19.4 Å². The van der Waals surface area contributed by atoms with E-state index < -0.39 is 102 Å². The van der Waals surface area contributed by atoms with Gasteiger partial charge in [-0.1, -0.05) is 89.4 Å². The number of nitrogens with zero attached hydrogens (tertiary/aromatic N) is 1. The summed E-state index contributed by atoms with van der Waals surface area (Å²) in [5, 5.41) is 23.2. The molecule has 7 amide bonds. The fraction of sp³-hybridized carbons (Fsp3) is 0.565. The summed E-state index contributed by atoms with van der Waals surface area (Å²) < 4.78 is 6.05. The Bertz CT molecular complexity index is 1910. The molecule has 17 nitrogen and oxygen atoms in total. The summed E-state index contributed by atoms with van der Waals surface area (Å²) in [5.74, 6) is -6.13. The molecule has 2 saturated heterocycles. The Morgan fingerprint density at radius 2 is 1.41 bits per heavy atom. The summed E-state index contributed by atoms with van der Waals surface area (Å²) in [5.41, 5.74) is 6.78. The summed E-state index contributed by atoms with van der Waals surface area (Å²) in [6.45, 7) is 9.20. The van der Waals surface area contributed by atoms with E-state index in [0.717, 1.165) is 24.8 Å². The van der Waals surface area contributed by atoms with Gasteiger partial charge in [-0.25, -0.2) is 4.79 Å². The molecule has 0 radical (unpaired) electrons. The fourth-order valence-corrected chi connectivity index (χ4v) is 7.76. The van der Waals surface area contributed by atoms with Crippen LogP contribution in [0.3, 0.4) is 0 Å². The Kier molecular flexibility index (Phi) is 18.9. The number of primary amides is 1. The van der Waals surface area contributed by atoms with Crippen molar-refractivity contribution in [1.29, 1.82) is 0 Å². The fourth-order valence-electron chi connectivity index (χ4n) is 7.76. The van der Waals surface area contributed by atoms with Gasteiger partial charge < -0.3 is 47.1 Å². The first-order valence-electron chi connectivity index (χ1n) is 22.0. The van der Waals surface area contributed by atoms with Crippen LogP contribution >= 0.6 is 0 Å². The SMILES string of the molecule is CC(C)CCCCC[C@H]1CC(=O)N[C@H](Cc2ccccc2)C(=O)N2CCC[C@H]2C(=O)N[C@H](C)C(=O)N[C@@H](C(C)C)C(=O)N[C@H](CC(N)=O)C(=O)N[C@@H](Cc2ccc(O)cc2)C(=O)O1. The Morgan fingerprint density at radius 1 is 0.762 bits per heavy atom. The number of nitrogens with two attached hydrogens (primary N) is 1. The Hall–Kier alpha value is -6.00. The molecular weight excluding hydrogens is 811 g/mol. The summed E-state index contributed by atoms with van der Waals surface area (Å²) in [7, 11) is 0. The number of rotatable bonds is 13. The average molecular weight is 876 g/mol. The van der Waals surface area contributed by atoms with Crippen molar-refractivity contribution in [3.63, 3.8) is 0 Å². The van der Waals surface area contributed by atoms with Crippen LogP contribution in [0.1, 0.15) is 104 Å². The van der Waals surface area contributed by atoms with Crippen LogP contribution in [0.4, 0.5) is 0 Å². The first kappa shape index (κ1) is 49.7. The van der Waals surface area contributed by atoms with Crippen molar-refractivity contribution in [1.82, 2.24) is 31.5 Å². The number of aromatic hydroxyl groups is 1. The van der Waals surface area contributed by atoms with Crippen LogP contribution in [-0.4, -0.2) is 106 Å². The number of nitrogens with one attached hydrogen (secondary N) is 5. The third-order valence-electron chi connectivity index (χ3n) is 11.3. The Morgan fingerprint density at radius 3 is 2.06 bits per heavy atom. The van der Waals surface area contributed by atoms with Crippen LogP contribution in [0.25, 0.3) is 0 Å². The van der Waals surface area contributed by atoms with E-state index in [-0.39, 0.29) is 38.0 Å². The lowest BCUT2D eigenvalue weighted by atomic mass is 10.0. The van der Waals surface area contributed by atoms with Gasteiger partial charge in [-0.05, 0) is 67.7 Å². The van der Waals surface area contributed by atoms with Gasteiger partial charge >= 0.3 is 5.97 Å². The molecular formula is C46H65N7O10. The smallest absolute Gasteiger partial charge is 0.329 e. The maximum Gasteiger partial charge on any atom is 0.329 e. The van der Waals surface area contributed by atoms with E-state index >= 15 is 0 Å². The van der Waals surface area contributed by atoms with Gasteiger partial charge in [0.15, 0.2) is 0 Å². The summed E-state index contributed by atoms with van der Waals surface area (Å²) >= 11 is 0. The third-order valence-corrected chi connectivity index (χ3v) is 11.3. The first-order chi connectivity index (χ1) is 29.9. The molecule has 0 saturated carbocycles. The Labute approximate surface area is 369 Å². The maximum atomic E-state index is 14.4. The van der Waals surface area contributed by atoms with Crippen molar-refractivity contribution in [3.8, 4) is 5.75 Å². The van der Waals surface area contributed by atoms with Crippen LogP contribution in [0.5, 0.6) is 5.75 Å². The molecule has 2 fully saturated rings. The molecule has 7 atom stereocenters. The molecule has 17 heteroatoms. The van der Waals surface area contributed by atoms with E-state index in [0.29, 0.717) is 30.7 Å². The van der Waals surface area contributed by atoms with E-state index in [2.05, 4.69) is 40.4 Å². The van der Waals surface area contributed by atoms with Gasteiger partial charge in [-0.2, -0.15) is 0 Å². The molecule has 63 heavy (non-hydrogen) atoms. The predicted molar refractivity (Wildman–Crippen MR) is 233 cm³/mol. The molecule has 344 valence electrons. The molecule has 2 aromatic carbocycles. The predicted octanol–water partition coefficient (Wildman–Crippen LogP) is 2.07. The molecule has 4 rings (SSSR count). The van der Waals surface area contributed by atoms with Crippen LogP contribution in [0, 0.1) is 11.8 Å². The highest BCUT2D eigenvalue weighted by Gasteiger charge is 2.40. The van der Waals surface area contributed by atoms with Crippen LogP contribution in [-0.2, 0) is 55.9 Å². The highest BCUT2D eigenvalue weighted by Crippen LogP contribution is 2.22. The molecule has 2 aliphatic rings. The molecule has 8 N–H and O–H groups in total. The number of cyclic esters (lactones) is 1. The number of hydrogen-bond donors (Lipinski definition) is 7. The van der Waals surface area contributed by atoms with Crippen molar-refractivity contribution in [2.24, 2.45) is 17.6 Å².